The van der Waals surface area contributed by atoms with E-state index in [1.54, 1.807) is 0 Å². The highest BCUT2D eigenvalue weighted by molar-refractivity contribution is 6.36. The average molecular weight is 233 g/mol. The summed E-state index contributed by atoms with van der Waals surface area (Å²) in [5.41, 5.74) is 2.75. The first-order valence-electron chi connectivity index (χ1n) is 5.58. The Kier molecular flexibility index (Phi) is 2.04. The molecular weight excluding hydrogens is 218 g/mol. The summed E-state index contributed by atoms with van der Waals surface area (Å²) in [7, 11) is 4.50. The highest BCUT2D eigenvalue weighted by Crippen LogP contribution is 2.37. The SMILES string of the molecule is C[N+]1(C)Cc2cc3ccccc3c(Cl)c2C1. The van der Waals surface area contributed by atoms with E-state index in [2.05, 4.69) is 44.4 Å². The Morgan fingerprint density at radius 3 is 2.69 bits per heavy atom. The Morgan fingerprint density at radius 2 is 1.88 bits per heavy atom. The van der Waals surface area contributed by atoms with Crippen molar-refractivity contribution in [2.75, 3.05) is 14.1 Å². The Labute approximate surface area is 101 Å². The first kappa shape index (κ1) is 10.1. The van der Waals surface area contributed by atoms with Crippen LogP contribution >= 0.6 is 11.6 Å². The Morgan fingerprint density at radius 1 is 1.12 bits per heavy atom. The maximum atomic E-state index is 6.50. The Bertz CT molecular complexity index is 572. The lowest BCUT2D eigenvalue weighted by Gasteiger charge is -2.22. The molecule has 2 heteroatoms. The van der Waals surface area contributed by atoms with Crippen molar-refractivity contribution in [1.82, 2.24) is 0 Å². The fraction of sp³-hybridized carbons (Fsp3) is 0.286. The fourth-order valence-electron chi connectivity index (χ4n) is 2.66. The van der Waals surface area contributed by atoms with E-state index < -0.39 is 0 Å². The number of rotatable bonds is 0. The molecule has 0 aromatic heterocycles. The standard InChI is InChI=1S/C14H15ClN/c1-16(2)8-11-7-10-5-3-4-6-12(10)14(15)13(11)9-16/h3-7H,8-9H2,1-2H3/q+1. The molecule has 1 aliphatic heterocycles. The van der Waals surface area contributed by atoms with Crippen LogP contribution in [0.5, 0.6) is 0 Å². The minimum absolute atomic E-state index is 0.955. The second kappa shape index (κ2) is 3.22. The van der Waals surface area contributed by atoms with Gasteiger partial charge in [-0.25, -0.2) is 0 Å². The van der Waals surface area contributed by atoms with Gasteiger partial charge in [0.15, 0.2) is 0 Å². The molecule has 16 heavy (non-hydrogen) atoms. The maximum absolute atomic E-state index is 6.50. The van der Waals surface area contributed by atoms with E-state index in [9.17, 15) is 0 Å². The summed E-state index contributed by atoms with van der Waals surface area (Å²) >= 11 is 6.50. The number of fused-ring (bicyclic) bond motifs is 2. The van der Waals surface area contributed by atoms with Crippen molar-refractivity contribution in [3.63, 3.8) is 0 Å². The zero-order chi connectivity index (χ0) is 11.3. The molecule has 0 aliphatic carbocycles. The molecule has 0 saturated heterocycles. The quantitative estimate of drug-likeness (QED) is 0.609. The van der Waals surface area contributed by atoms with Gasteiger partial charge in [-0.2, -0.15) is 0 Å². The highest BCUT2D eigenvalue weighted by atomic mass is 35.5. The van der Waals surface area contributed by atoms with Gasteiger partial charge in [-0.15, -0.1) is 0 Å². The molecule has 1 aliphatic rings. The topological polar surface area (TPSA) is 0 Å². The summed E-state index contributed by atoms with van der Waals surface area (Å²) < 4.78 is 1.01. The smallest absolute Gasteiger partial charge is 0.106 e. The third-order valence-corrected chi connectivity index (χ3v) is 3.80. The second-order valence-electron chi connectivity index (χ2n) is 5.30. The predicted molar refractivity (Wildman–Crippen MR) is 68.5 cm³/mol. The molecule has 2 aromatic rings. The van der Waals surface area contributed by atoms with E-state index in [0.717, 1.165) is 22.6 Å². The van der Waals surface area contributed by atoms with Crippen molar-refractivity contribution in [3.05, 3.63) is 46.5 Å². The molecule has 0 N–H and O–H groups in total. The van der Waals surface area contributed by atoms with Gasteiger partial charge in [-0.1, -0.05) is 35.9 Å². The first-order valence-corrected chi connectivity index (χ1v) is 5.96. The van der Waals surface area contributed by atoms with Crippen LogP contribution in [0.2, 0.25) is 5.02 Å². The first-order chi connectivity index (χ1) is 7.57. The molecule has 82 valence electrons. The minimum Gasteiger partial charge on any atom is -0.321 e. The summed E-state index contributed by atoms with van der Waals surface area (Å²) in [4.78, 5) is 0. The molecule has 0 fully saturated rings. The highest BCUT2D eigenvalue weighted by Gasteiger charge is 2.30. The molecule has 0 radical (unpaired) electrons. The van der Waals surface area contributed by atoms with Gasteiger partial charge in [0.25, 0.3) is 0 Å². The normalized spacial score (nSPS) is 17.7. The van der Waals surface area contributed by atoms with Gasteiger partial charge in [0.2, 0.25) is 0 Å². The predicted octanol–water partition coefficient (Wildman–Crippen LogP) is 3.58. The second-order valence-corrected chi connectivity index (χ2v) is 5.68. The number of nitrogens with zero attached hydrogens (tertiary/aromatic N) is 1. The van der Waals surface area contributed by atoms with Gasteiger partial charge in [-0.3, -0.25) is 0 Å². The molecule has 3 rings (SSSR count). The number of quaternary nitrogens is 1. The molecular formula is C14H15ClN+. The van der Waals surface area contributed by atoms with E-state index in [0.29, 0.717) is 0 Å². The average Bonchev–Trinajstić information content (AvgIpc) is 2.53. The van der Waals surface area contributed by atoms with Gasteiger partial charge in [-0.05, 0) is 11.5 Å². The molecule has 0 amide bonds. The van der Waals surface area contributed by atoms with Crippen molar-refractivity contribution < 1.29 is 4.48 Å². The summed E-state index contributed by atoms with van der Waals surface area (Å²) in [5, 5.41) is 3.40. The molecule has 0 saturated carbocycles. The lowest BCUT2D eigenvalue weighted by Crippen LogP contribution is -2.32. The minimum atomic E-state index is 0.955. The molecule has 1 heterocycles. The van der Waals surface area contributed by atoms with Crippen molar-refractivity contribution in [2.24, 2.45) is 0 Å². The zero-order valence-electron chi connectivity index (χ0n) is 9.63. The maximum Gasteiger partial charge on any atom is 0.106 e. The van der Waals surface area contributed by atoms with Gasteiger partial charge in [0.05, 0.1) is 19.1 Å². The fourth-order valence-corrected chi connectivity index (χ4v) is 3.01. The van der Waals surface area contributed by atoms with Crippen LogP contribution in [-0.4, -0.2) is 18.6 Å². The van der Waals surface area contributed by atoms with Crippen molar-refractivity contribution in [1.29, 1.82) is 0 Å². The monoisotopic (exact) mass is 232 g/mol. The lowest BCUT2D eigenvalue weighted by molar-refractivity contribution is -0.910. The lowest BCUT2D eigenvalue weighted by atomic mass is 10.0. The molecule has 1 nitrogen and oxygen atoms in total. The molecule has 2 aromatic carbocycles. The van der Waals surface area contributed by atoms with E-state index in [4.69, 9.17) is 11.6 Å². The summed E-state index contributed by atoms with van der Waals surface area (Å²) in [5.74, 6) is 0. The zero-order valence-corrected chi connectivity index (χ0v) is 10.4. The molecule has 0 atom stereocenters. The summed E-state index contributed by atoms with van der Waals surface area (Å²) in [6, 6.07) is 10.7. The largest absolute Gasteiger partial charge is 0.321 e. The van der Waals surface area contributed by atoms with Crippen LogP contribution in [-0.2, 0) is 13.1 Å². The number of benzene rings is 2. The molecule has 0 bridgehead atoms. The van der Waals surface area contributed by atoms with Gasteiger partial charge in [0.1, 0.15) is 13.1 Å². The van der Waals surface area contributed by atoms with Crippen LogP contribution < -0.4 is 0 Å². The van der Waals surface area contributed by atoms with Gasteiger partial charge >= 0.3 is 0 Å². The number of hydrogen-bond acceptors (Lipinski definition) is 0. The summed E-state index contributed by atoms with van der Waals surface area (Å²) in [6.07, 6.45) is 0. The van der Waals surface area contributed by atoms with Crippen LogP contribution in [0.1, 0.15) is 11.1 Å². The van der Waals surface area contributed by atoms with Crippen LogP contribution in [0.25, 0.3) is 10.8 Å². The van der Waals surface area contributed by atoms with E-state index in [1.807, 2.05) is 0 Å². The van der Waals surface area contributed by atoms with Crippen LogP contribution in [0.4, 0.5) is 0 Å². The molecule has 0 unspecified atom stereocenters. The third kappa shape index (κ3) is 1.43. The molecule has 0 spiro atoms. The van der Waals surface area contributed by atoms with E-state index in [1.165, 1.54) is 21.9 Å². The van der Waals surface area contributed by atoms with Crippen LogP contribution in [0, 0.1) is 0 Å². The van der Waals surface area contributed by atoms with Crippen molar-refractivity contribution in [3.8, 4) is 0 Å². The number of hydrogen-bond donors (Lipinski definition) is 0. The van der Waals surface area contributed by atoms with Crippen molar-refractivity contribution in [2.45, 2.75) is 13.1 Å². The van der Waals surface area contributed by atoms with Gasteiger partial charge in [0, 0.05) is 16.5 Å². The van der Waals surface area contributed by atoms with Crippen molar-refractivity contribution >= 4 is 22.4 Å². The van der Waals surface area contributed by atoms with E-state index in [-0.39, 0.29) is 0 Å². The van der Waals surface area contributed by atoms with Gasteiger partial charge < -0.3 is 4.48 Å². The van der Waals surface area contributed by atoms with Crippen LogP contribution in [0.15, 0.2) is 30.3 Å². The Hall–Kier alpha value is -1.05. The van der Waals surface area contributed by atoms with Crippen LogP contribution in [0.3, 0.4) is 0 Å². The Balaban J connectivity index is 2.31. The number of halogens is 1. The summed E-state index contributed by atoms with van der Waals surface area (Å²) in [6.45, 7) is 2.12. The van der Waals surface area contributed by atoms with E-state index >= 15 is 0 Å². The third-order valence-electron chi connectivity index (χ3n) is 3.36.